The first-order valence-electron chi connectivity index (χ1n) is 13.5. The van der Waals surface area contributed by atoms with Crippen LogP contribution in [0.3, 0.4) is 0 Å². The number of aromatic nitrogens is 2. The monoisotopic (exact) mass is 573 g/mol. The maximum Gasteiger partial charge on any atom is 0.271 e. The SMILES string of the molecule is CCOc1ccc([C@@H]2C(C(=O)Nc3ccccc3)=C(C)N=c3s/c(=C\c4cn(CC#N)c5ccccc45)c(=O)n32)cc1. The molecule has 5 aromatic rings. The van der Waals surface area contributed by atoms with Crippen LogP contribution in [0.4, 0.5) is 5.69 Å². The lowest BCUT2D eigenvalue weighted by atomic mass is 9.95. The van der Waals surface area contributed by atoms with E-state index in [2.05, 4.69) is 11.4 Å². The van der Waals surface area contributed by atoms with Gasteiger partial charge in [0, 0.05) is 28.4 Å². The van der Waals surface area contributed by atoms with Crippen LogP contribution in [-0.2, 0) is 11.3 Å². The van der Waals surface area contributed by atoms with Crippen molar-refractivity contribution in [3.63, 3.8) is 0 Å². The molecule has 0 fully saturated rings. The molecule has 9 heteroatoms. The van der Waals surface area contributed by atoms with Gasteiger partial charge in [0.25, 0.3) is 11.5 Å². The van der Waals surface area contributed by atoms with Crippen LogP contribution in [0.1, 0.15) is 31.0 Å². The molecular weight excluding hydrogens is 546 g/mol. The highest BCUT2D eigenvalue weighted by molar-refractivity contribution is 7.07. The van der Waals surface area contributed by atoms with Crippen molar-refractivity contribution in [2.45, 2.75) is 26.4 Å². The summed E-state index contributed by atoms with van der Waals surface area (Å²) in [6.45, 7) is 4.45. The highest BCUT2D eigenvalue weighted by atomic mass is 32.1. The average molecular weight is 574 g/mol. The molecule has 6 rings (SSSR count). The first kappa shape index (κ1) is 27.0. The first-order valence-corrected chi connectivity index (χ1v) is 14.4. The van der Waals surface area contributed by atoms with E-state index in [1.54, 1.807) is 11.5 Å². The Morgan fingerprint density at radius 1 is 1.10 bits per heavy atom. The van der Waals surface area contributed by atoms with Gasteiger partial charge in [-0.1, -0.05) is 59.9 Å². The molecule has 1 atom stereocenters. The predicted molar refractivity (Wildman–Crippen MR) is 164 cm³/mol. The molecule has 0 saturated heterocycles. The van der Waals surface area contributed by atoms with Crippen LogP contribution in [0.25, 0.3) is 17.0 Å². The number of para-hydroxylation sites is 2. The van der Waals surface area contributed by atoms with Crippen molar-refractivity contribution in [2.75, 3.05) is 11.9 Å². The molecule has 0 unspecified atom stereocenters. The molecule has 1 aliphatic heterocycles. The molecule has 0 aliphatic carbocycles. The number of nitrogens with zero attached hydrogens (tertiary/aromatic N) is 4. The van der Waals surface area contributed by atoms with Gasteiger partial charge in [-0.15, -0.1) is 0 Å². The van der Waals surface area contributed by atoms with Crippen molar-refractivity contribution in [1.82, 2.24) is 9.13 Å². The van der Waals surface area contributed by atoms with Gasteiger partial charge in [0.2, 0.25) is 0 Å². The number of carbonyl (C=O) groups is 1. The number of ether oxygens (including phenoxy) is 1. The quantitative estimate of drug-likeness (QED) is 0.304. The number of hydrogen-bond donors (Lipinski definition) is 1. The minimum absolute atomic E-state index is 0.201. The number of nitrogens with one attached hydrogen (secondary N) is 1. The summed E-state index contributed by atoms with van der Waals surface area (Å²) in [4.78, 5) is 33.1. The molecule has 1 N–H and O–H groups in total. The van der Waals surface area contributed by atoms with Crippen molar-refractivity contribution in [1.29, 1.82) is 5.26 Å². The van der Waals surface area contributed by atoms with Crippen LogP contribution in [0.15, 0.2) is 106 Å². The second-order valence-electron chi connectivity index (χ2n) is 9.79. The number of rotatable bonds is 7. The molecule has 1 amide bonds. The Balaban J connectivity index is 1.51. The van der Waals surface area contributed by atoms with E-state index >= 15 is 0 Å². The van der Waals surface area contributed by atoms with E-state index in [0.29, 0.717) is 38.6 Å². The van der Waals surface area contributed by atoms with Crippen LogP contribution in [0, 0.1) is 11.3 Å². The van der Waals surface area contributed by atoms with Crippen molar-refractivity contribution >= 4 is 39.9 Å². The third-order valence-electron chi connectivity index (χ3n) is 7.15. The lowest BCUT2D eigenvalue weighted by Crippen LogP contribution is -2.40. The molecule has 1 aliphatic rings. The molecular formula is C33H27N5O3S. The fourth-order valence-corrected chi connectivity index (χ4v) is 6.34. The molecule has 0 spiro atoms. The Morgan fingerprint density at radius 2 is 1.83 bits per heavy atom. The number of amides is 1. The van der Waals surface area contributed by atoms with Gasteiger partial charge in [-0.3, -0.25) is 14.2 Å². The molecule has 0 bridgehead atoms. The Labute approximate surface area is 245 Å². The Morgan fingerprint density at radius 3 is 2.57 bits per heavy atom. The topological polar surface area (TPSA) is 101 Å². The van der Waals surface area contributed by atoms with Crippen LogP contribution in [0.5, 0.6) is 5.75 Å². The number of thiazole rings is 1. The highest BCUT2D eigenvalue weighted by Gasteiger charge is 2.32. The second-order valence-corrected chi connectivity index (χ2v) is 10.8. The average Bonchev–Trinajstić information content (AvgIpc) is 3.50. The van der Waals surface area contributed by atoms with E-state index in [4.69, 9.17) is 9.73 Å². The van der Waals surface area contributed by atoms with E-state index in [9.17, 15) is 14.9 Å². The minimum atomic E-state index is -0.692. The third-order valence-corrected chi connectivity index (χ3v) is 8.13. The van der Waals surface area contributed by atoms with Gasteiger partial charge in [-0.2, -0.15) is 5.26 Å². The summed E-state index contributed by atoms with van der Waals surface area (Å²) in [5.74, 6) is 0.383. The molecule has 208 valence electrons. The Hall–Kier alpha value is -5.20. The van der Waals surface area contributed by atoms with Crippen LogP contribution < -0.4 is 24.9 Å². The lowest BCUT2D eigenvalue weighted by Gasteiger charge is -2.25. The number of nitriles is 1. The summed E-state index contributed by atoms with van der Waals surface area (Å²) in [5, 5.41) is 13.2. The normalized spacial score (nSPS) is 14.8. The minimum Gasteiger partial charge on any atom is -0.494 e. The van der Waals surface area contributed by atoms with Gasteiger partial charge < -0.3 is 14.6 Å². The van der Waals surface area contributed by atoms with E-state index in [0.717, 1.165) is 22.0 Å². The molecule has 0 saturated carbocycles. The smallest absolute Gasteiger partial charge is 0.271 e. The van der Waals surface area contributed by atoms with Crippen molar-refractivity contribution < 1.29 is 9.53 Å². The zero-order valence-corrected chi connectivity index (χ0v) is 23.9. The lowest BCUT2D eigenvalue weighted by molar-refractivity contribution is -0.113. The Kier molecular flexibility index (Phi) is 7.30. The number of fused-ring (bicyclic) bond motifs is 2. The summed E-state index contributed by atoms with van der Waals surface area (Å²) in [6.07, 6.45) is 3.73. The van der Waals surface area contributed by atoms with Gasteiger partial charge in [0.15, 0.2) is 4.80 Å². The second kappa shape index (κ2) is 11.4. The van der Waals surface area contributed by atoms with Crippen molar-refractivity contribution in [2.24, 2.45) is 4.99 Å². The molecule has 2 aromatic heterocycles. The summed E-state index contributed by atoms with van der Waals surface area (Å²) < 4.78 is 9.60. The summed E-state index contributed by atoms with van der Waals surface area (Å²) in [6, 6.07) is 26.0. The fraction of sp³-hybridized carbons (Fsp3) is 0.152. The molecule has 42 heavy (non-hydrogen) atoms. The van der Waals surface area contributed by atoms with Crippen molar-refractivity contribution in [3.05, 3.63) is 127 Å². The summed E-state index contributed by atoms with van der Waals surface area (Å²) >= 11 is 1.28. The van der Waals surface area contributed by atoms with Gasteiger partial charge in [0.1, 0.15) is 12.3 Å². The van der Waals surface area contributed by atoms with E-state index < -0.39 is 6.04 Å². The maximum atomic E-state index is 14.1. The zero-order chi connectivity index (χ0) is 29.2. The molecule has 3 aromatic carbocycles. The zero-order valence-electron chi connectivity index (χ0n) is 23.1. The van der Waals surface area contributed by atoms with Crippen LogP contribution in [-0.4, -0.2) is 21.6 Å². The number of benzene rings is 3. The molecule has 3 heterocycles. The van der Waals surface area contributed by atoms with Crippen LogP contribution in [0.2, 0.25) is 0 Å². The first-order chi connectivity index (χ1) is 20.5. The number of carbonyl (C=O) groups excluding carboxylic acids is 1. The summed E-state index contributed by atoms with van der Waals surface area (Å²) in [7, 11) is 0. The van der Waals surface area contributed by atoms with Gasteiger partial charge in [-0.05, 0) is 55.8 Å². The van der Waals surface area contributed by atoms with Crippen LogP contribution >= 0.6 is 11.3 Å². The maximum absolute atomic E-state index is 14.1. The molecule has 8 nitrogen and oxygen atoms in total. The standard InChI is InChI=1S/C33H27N5O3S/c1-3-41-25-15-13-22(14-16-25)30-29(31(39)36-24-9-5-4-6-10-24)21(2)35-33-38(30)32(40)28(42-33)19-23-20-37(18-17-34)27-12-8-7-11-26(23)27/h4-16,19-20,30H,3,18H2,1-2H3,(H,36,39)/b28-19-/t30-/m1/s1. The Bertz CT molecular complexity index is 2060. The van der Waals surface area contributed by atoms with E-state index in [-0.39, 0.29) is 18.0 Å². The van der Waals surface area contributed by atoms with E-state index in [1.807, 2.05) is 103 Å². The van der Waals surface area contributed by atoms with E-state index in [1.165, 1.54) is 11.3 Å². The highest BCUT2D eigenvalue weighted by Crippen LogP contribution is 2.32. The molecule has 0 radical (unpaired) electrons. The number of anilines is 1. The third kappa shape index (κ3) is 4.93. The van der Waals surface area contributed by atoms with Gasteiger partial charge in [0.05, 0.1) is 34.5 Å². The number of hydrogen-bond acceptors (Lipinski definition) is 6. The fourth-order valence-electron chi connectivity index (χ4n) is 5.30. The van der Waals surface area contributed by atoms with Gasteiger partial charge in [-0.25, -0.2) is 4.99 Å². The largest absolute Gasteiger partial charge is 0.494 e. The van der Waals surface area contributed by atoms with Gasteiger partial charge >= 0.3 is 0 Å². The predicted octanol–water partition coefficient (Wildman–Crippen LogP) is 4.75. The number of allylic oxidation sites excluding steroid dienone is 1. The van der Waals surface area contributed by atoms with Crippen molar-refractivity contribution in [3.8, 4) is 11.8 Å². The summed E-state index contributed by atoms with van der Waals surface area (Å²) in [5.41, 5.74) is 3.87.